The van der Waals surface area contributed by atoms with Crippen molar-refractivity contribution in [3.63, 3.8) is 0 Å². The number of anilines is 1. The van der Waals surface area contributed by atoms with E-state index in [1.54, 1.807) is 4.68 Å². The lowest BCUT2D eigenvalue weighted by atomic mass is 10.0. The molecule has 2 aromatic heterocycles. The van der Waals surface area contributed by atoms with Crippen molar-refractivity contribution in [2.45, 2.75) is 44.8 Å². The Balaban J connectivity index is 1.40. The van der Waals surface area contributed by atoms with E-state index in [-0.39, 0.29) is 11.7 Å². The van der Waals surface area contributed by atoms with Crippen LogP contribution in [0.3, 0.4) is 0 Å². The molecule has 33 heavy (non-hydrogen) atoms. The molecule has 0 atom stereocenters. The average molecular weight is 459 g/mol. The van der Waals surface area contributed by atoms with E-state index in [0.29, 0.717) is 11.9 Å². The second-order valence-corrected chi connectivity index (χ2v) is 9.39. The van der Waals surface area contributed by atoms with Crippen molar-refractivity contribution in [2.24, 2.45) is 0 Å². The van der Waals surface area contributed by atoms with E-state index in [2.05, 4.69) is 52.1 Å². The summed E-state index contributed by atoms with van der Waals surface area (Å²) in [4.78, 5) is 12.9. The average Bonchev–Trinajstić information content (AvgIpc) is 3.46. The number of hydrogen-bond donors (Lipinski definition) is 1. The molecule has 1 aliphatic rings. The van der Waals surface area contributed by atoms with Crippen LogP contribution in [0.25, 0.3) is 16.9 Å². The summed E-state index contributed by atoms with van der Waals surface area (Å²) in [6.45, 7) is 6.10. The number of amides is 1. The Morgan fingerprint density at radius 3 is 2.61 bits per heavy atom. The number of carbonyl (C=O) groups is 1. The van der Waals surface area contributed by atoms with Gasteiger partial charge < -0.3 is 9.88 Å². The van der Waals surface area contributed by atoms with Gasteiger partial charge in [-0.15, -0.1) is 10.2 Å². The summed E-state index contributed by atoms with van der Waals surface area (Å²) < 4.78 is 3.93. The van der Waals surface area contributed by atoms with E-state index >= 15 is 0 Å². The van der Waals surface area contributed by atoms with Gasteiger partial charge in [0.2, 0.25) is 5.91 Å². The number of hydrogen-bond acceptors (Lipinski definition) is 5. The van der Waals surface area contributed by atoms with Gasteiger partial charge in [0.25, 0.3) is 0 Å². The highest BCUT2D eigenvalue weighted by Gasteiger charge is 2.28. The summed E-state index contributed by atoms with van der Waals surface area (Å²) in [5.74, 6) is 1.69. The van der Waals surface area contributed by atoms with Crippen molar-refractivity contribution in [3.8, 4) is 16.9 Å². The predicted octanol–water partition coefficient (Wildman–Crippen LogP) is 5.12. The Bertz CT molecular complexity index is 1310. The lowest BCUT2D eigenvalue weighted by Gasteiger charge is -2.09. The minimum atomic E-state index is -0.104. The fourth-order valence-electron chi connectivity index (χ4n) is 3.89. The van der Waals surface area contributed by atoms with Crippen molar-refractivity contribution < 1.29 is 4.79 Å². The summed E-state index contributed by atoms with van der Waals surface area (Å²) in [7, 11) is 0. The number of thioether (sulfide) groups is 1. The molecule has 8 heteroatoms. The fourth-order valence-corrected chi connectivity index (χ4v) is 4.74. The van der Waals surface area contributed by atoms with E-state index in [1.165, 1.54) is 17.3 Å². The fraction of sp³-hybridized carbons (Fsp3) is 0.280. The van der Waals surface area contributed by atoms with Crippen LogP contribution in [0.2, 0.25) is 0 Å². The first-order chi connectivity index (χ1) is 16.0. The van der Waals surface area contributed by atoms with Crippen LogP contribution in [0.4, 0.5) is 5.82 Å². The number of nitrogens with one attached hydrogen (secondary N) is 1. The summed E-state index contributed by atoms with van der Waals surface area (Å²) >= 11 is 1.42. The van der Waals surface area contributed by atoms with Crippen LogP contribution in [0, 0.1) is 20.8 Å². The number of aryl methyl sites for hydroxylation is 3. The summed E-state index contributed by atoms with van der Waals surface area (Å²) in [6.07, 6.45) is 2.30. The minimum Gasteiger partial charge on any atom is -0.310 e. The molecule has 1 saturated carbocycles. The third-order valence-corrected chi connectivity index (χ3v) is 6.67. The normalized spacial score (nSPS) is 13.3. The van der Waals surface area contributed by atoms with Gasteiger partial charge >= 0.3 is 0 Å². The van der Waals surface area contributed by atoms with Gasteiger partial charge in [0.05, 0.1) is 17.1 Å². The molecular weight excluding hydrogens is 432 g/mol. The van der Waals surface area contributed by atoms with Gasteiger partial charge in [-0.25, -0.2) is 4.68 Å². The van der Waals surface area contributed by atoms with E-state index in [9.17, 15) is 4.79 Å². The Morgan fingerprint density at radius 2 is 1.85 bits per heavy atom. The van der Waals surface area contributed by atoms with Gasteiger partial charge in [-0.3, -0.25) is 4.79 Å². The second-order valence-electron chi connectivity index (χ2n) is 8.45. The lowest BCUT2D eigenvalue weighted by Crippen LogP contribution is -2.17. The molecule has 2 heterocycles. The molecule has 1 amide bonds. The molecule has 0 aliphatic heterocycles. The first-order valence-electron chi connectivity index (χ1n) is 11.1. The van der Waals surface area contributed by atoms with E-state index in [4.69, 9.17) is 5.10 Å². The zero-order valence-corrected chi connectivity index (χ0v) is 19.8. The zero-order valence-electron chi connectivity index (χ0n) is 18.9. The van der Waals surface area contributed by atoms with Gasteiger partial charge in [0.15, 0.2) is 5.16 Å². The van der Waals surface area contributed by atoms with Crippen LogP contribution in [0.1, 0.15) is 35.8 Å². The summed E-state index contributed by atoms with van der Waals surface area (Å²) in [5, 5.41) is 17.2. The summed E-state index contributed by atoms with van der Waals surface area (Å²) in [6, 6.07) is 18.6. The van der Waals surface area contributed by atoms with Crippen molar-refractivity contribution >= 4 is 23.5 Å². The standard InChI is InChI=1S/C25H26N6OS/c1-16-9-10-17(2)21(13-16)22-14-23(31(29-22)20-7-5-4-6-8-20)26-24(32)15-33-25-28-27-18(3)30(25)19-11-12-19/h4-10,13-14,19H,11-12,15H2,1-3H3,(H,26,32). The molecule has 0 bridgehead atoms. The number of rotatable bonds is 7. The maximum Gasteiger partial charge on any atom is 0.236 e. The van der Waals surface area contributed by atoms with Crippen LogP contribution < -0.4 is 5.32 Å². The van der Waals surface area contributed by atoms with Gasteiger partial charge in [-0.05, 0) is 57.4 Å². The van der Waals surface area contributed by atoms with Crippen LogP contribution in [-0.4, -0.2) is 36.2 Å². The highest BCUT2D eigenvalue weighted by molar-refractivity contribution is 7.99. The molecule has 168 valence electrons. The molecule has 1 fully saturated rings. The summed E-state index contributed by atoms with van der Waals surface area (Å²) in [5.41, 5.74) is 5.08. The van der Waals surface area contributed by atoms with Crippen molar-refractivity contribution in [3.05, 3.63) is 71.5 Å². The van der Waals surface area contributed by atoms with Gasteiger partial charge in [-0.1, -0.05) is 47.7 Å². The van der Waals surface area contributed by atoms with Gasteiger partial charge in [0, 0.05) is 17.7 Å². The first kappa shape index (κ1) is 21.5. The number of benzene rings is 2. The topological polar surface area (TPSA) is 77.6 Å². The van der Waals surface area contributed by atoms with E-state index < -0.39 is 0 Å². The molecule has 1 N–H and O–H groups in total. The maximum atomic E-state index is 12.9. The molecule has 0 radical (unpaired) electrons. The SMILES string of the molecule is Cc1ccc(C)c(-c2cc(NC(=O)CSc3nnc(C)n3C3CC3)n(-c3ccccc3)n2)c1. The Hall–Kier alpha value is -3.39. The number of carbonyl (C=O) groups excluding carboxylic acids is 1. The maximum absolute atomic E-state index is 12.9. The highest BCUT2D eigenvalue weighted by atomic mass is 32.2. The van der Waals surface area contributed by atoms with E-state index in [0.717, 1.165) is 46.3 Å². The van der Waals surface area contributed by atoms with Crippen LogP contribution >= 0.6 is 11.8 Å². The Morgan fingerprint density at radius 1 is 1.06 bits per heavy atom. The van der Waals surface area contributed by atoms with Crippen molar-refractivity contribution in [1.29, 1.82) is 0 Å². The van der Waals surface area contributed by atoms with Gasteiger partial charge in [0.1, 0.15) is 11.6 Å². The van der Waals surface area contributed by atoms with Crippen LogP contribution in [0.15, 0.2) is 59.8 Å². The minimum absolute atomic E-state index is 0.104. The molecule has 0 unspecified atom stereocenters. The molecule has 4 aromatic rings. The van der Waals surface area contributed by atoms with Crippen LogP contribution in [-0.2, 0) is 4.79 Å². The largest absolute Gasteiger partial charge is 0.310 e. The second kappa shape index (κ2) is 8.86. The molecule has 0 saturated heterocycles. The molecule has 2 aromatic carbocycles. The number of para-hydroxylation sites is 1. The number of aromatic nitrogens is 5. The molecule has 7 nitrogen and oxygen atoms in total. The molecule has 1 aliphatic carbocycles. The van der Waals surface area contributed by atoms with Gasteiger partial charge in [-0.2, -0.15) is 5.10 Å². The monoisotopic (exact) mass is 458 g/mol. The lowest BCUT2D eigenvalue weighted by molar-refractivity contribution is -0.113. The molecule has 5 rings (SSSR count). The predicted molar refractivity (Wildman–Crippen MR) is 131 cm³/mol. The molecular formula is C25H26N6OS. The quantitative estimate of drug-likeness (QED) is 0.389. The zero-order chi connectivity index (χ0) is 22.9. The third-order valence-electron chi connectivity index (χ3n) is 5.73. The smallest absolute Gasteiger partial charge is 0.236 e. The van der Waals surface area contributed by atoms with Crippen LogP contribution in [0.5, 0.6) is 0 Å². The Kier molecular flexibility index (Phi) is 5.76. The van der Waals surface area contributed by atoms with Crippen molar-refractivity contribution in [1.82, 2.24) is 24.5 Å². The number of nitrogens with zero attached hydrogens (tertiary/aromatic N) is 5. The third kappa shape index (κ3) is 4.57. The molecule has 0 spiro atoms. The van der Waals surface area contributed by atoms with E-state index in [1.807, 2.05) is 43.3 Å². The first-order valence-corrected chi connectivity index (χ1v) is 12.1. The Labute approximate surface area is 197 Å². The highest BCUT2D eigenvalue weighted by Crippen LogP contribution is 2.38. The van der Waals surface area contributed by atoms with Crippen molar-refractivity contribution in [2.75, 3.05) is 11.1 Å².